The predicted octanol–water partition coefficient (Wildman–Crippen LogP) is 5.00. The highest BCUT2D eigenvalue weighted by Crippen LogP contribution is 2.65. The maximum Gasteiger partial charge on any atom is 0.253 e. The summed E-state index contributed by atoms with van der Waals surface area (Å²) >= 11 is 0. The van der Waals surface area contributed by atoms with Crippen LogP contribution in [0.2, 0.25) is 0 Å². The van der Waals surface area contributed by atoms with E-state index in [1.54, 1.807) is 58.2 Å². The molecule has 9 nitrogen and oxygen atoms in total. The minimum atomic E-state index is -1.24. The van der Waals surface area contributed by atoms with Crippen LogP contribution in [0.1, 0.15) is 46.5 Å². The van der Waals surface area contributed by atoms with Gasteiger partial charge in [-0.25, -0.2) is 0 Å². The summed E-state index contributed by atoms with van der Waals surface area (Å²) in [6.07, 6.45) is 5.51. The van der Waals surface area contributed by atoms with E-state index in [0.717, 1.165) is 0 Å². The number of hydrogen-bond donors (Lipinski definition) is 1. The fourth-order valence-corrected chi connectivity index (χ4v) is 8.07. The smallest absolute Gasteiger partial charge is 0.253 e. The van der Waals surface area contributed by atoms with Gasteiger partial charge in [0.15, 0.2) is 0 Å². The molecule has 246 valence electrons. The average Bonchev–Trinajstić information content (AvgIpc) is 3.70. The number of amides is 3. The second-order valence-corrected chi connectivity index (χ2v) is 12.7. The Bertz CT molecular complexity index is 1450. The van der Waals surface area contributed by atoms with Crippen molar-refractivity contribution in [2.75, 3.05) is 36.6 Å². The highest BCUT2D eigenvalue weighted by Gasteiger charge is 2.79. The fourth-order valence-electron chi connectivity index (χ4n) is 8.07. The molecular weight excluding hydrogens is 582 g/mol. The molecule has 7 atom stereocenters. The summed E-state index contributed by atoms with van der Waals surface area (Å²) in [4.78, 5) is 49.6. The molecule has 2 unspecified atom stereocenters. The van der Waals surface area contributed by atoms with Gasteiger partial charge in [0.2, 0.25) is 11.8 Å². The zero-order chi connectivity index (χ0) is 33.2. The van der Waals surface area contributed by atoms with Crippen molar-refractivity contribution in [3.05, 3.63) is 79.9 Å². The summed E-state index contributed by atoms with van der Waals surface area (Å²) in [5.74, 6) is -2.03. The summed E-state index contributed by atoms with van der Waals surface area (Å²) < 4.78 is 12.4. The third-order valence-corrected chi connectivity index (χ3v) is 10.6. The summed E-state index contributed by atoms with van der Waals surface area (Å²) in [6.45, 7) is 13.9. The van der Waals surface area contributed by atoms with E-state index < -0.39 is 35.1 Å². The number of aliphatic hydroxyl groups is 1. The number of aliphatic hydroxyl groups excluding tert-OH is 1. The Morgan fingerprint density at radius 2 is 1.63 bits per heavy atom. The molecule has 2 aromatic rings. The largest absolute Gasteiger partial charge is 0.497 e. The Labute approximate surface area is 272 Å². The summed E-state index contributed by atoms with van der Waals surface area (Å²) in [7, 11) is 1.58. The van der Waals surface area contributed by atoms with Crippen molar-refractivity contribution in [3.63, 3.8) is 0 Å². The lowest BCUT2D eigenvalue weighted by molar-refractivity contribution is -0.150. The third kappa shape index (κ3) is 5.23. The third-order valence-electron chi connectivity index (χ3n) is 10.6. The van der Waals surface area contributed by atoms with E-state index >= 15 is 4.79 Å². The quantitative estimate of drug-likeness (QED) is 0.296. The van der Waals surface area contributed by atoms with E-state index in [4.69, 9.17) is 9.47 Å². The molecule has 1 spiro atoms. The number of ether oxygens (including phenoxy) is 2. The van der Waals surface area contributed by atoms with Crippen LogP contribution >= 0.6 is 0 Å². The molecule has 3 fully saturated rings. The molecule has 1 N–H and O–H groups in total. The van der Waals surface area contributed by atoms with Crippen LogP contribution in [0.5, 0.6) is 5.75 Å². The first-order chi connectivity index (χ1) is 22.2. The molecule has 2 aromatic carbocycles. The van der Waals surface area contributed by atoms with E-state index in [9.17, 15) is 14.7 Å². The van der Waals surface area contributed by atoms with E-state index in [-0.39, 0.29) is 43.3 Å². The minimum absolute atomic E-state index is 0.110. The number of benzene rings is 2. The number of para-hydroxylation sites is 1. The number of carbonyl (C=O) groups is 3. The van der Waals surface area contributed by atoms with Crippen LogP contribution in [0.3, 0.4) is 0 Å². The Kier molecular flexibility index (Phi) is 9.75. The zero-order valence-corrected chi connectivity index (χ0v) is 27.4. The van der Waals surface area contributed by atoms with Gasteiger partial charge in [-0.3, -0.25) is 14.4 Å². The standard InChI is InChI=1S/C37H47N3O6/c1-7-22-38(26-14-12-11-13-15-26)33(42)30-31-34(43)40(29(24-41)25(5)9-3)32(37(31)21-20-36(30,10-4)46-37)35(44)39(23-8-2)27-16-18-28(45-6)19-17-27/h7-8,11-19,25,29-32,41H,1-2,9-10,20-24H2,3-6H3/t25-,29-,30+,31-,32?,36-,37?/m0/s1. The molecule has 2 bridgehead atoms. The van der Waals surface area contributed by atoms with Crippen LogP contribution in [-0.2, 0) is 19.1 Å². The van der Waals surface area contributed by atoms with Crippen LogP contribution < -0.4 is 14.5 Å². The molecule has 46 heavy (non-hydrogen) atoms. The van der Waals surface area contributed by atoms with Crippen molar-refractivity contribution in [1.29, 1.82) is 0 Å². The fraction of sp³-hybridized carbons (Fsp3) is 0.486. The van der Waals surface area contributed by atoms with Crippen LogP contribution in [0.15, 0.2) is 79.9 Å². The molecule has 9 heteroatoms. The van der Waals surface area contributed by atoms with Gasteiger partial charge < -0.3 is 29.3 Å². The van der Waals surface area contributed by atoms with Gasteiger partial charge in [0.1, 0.15) is 17.4 Å². The lowest BCUT2D eigenvalue weighted by Crippen LogP contribution is -2.60. The molecule has 0 aromatic heterocycles. The van der Waals surface area contributed by atoms with E-state index in [1.165, 1.54) is 0 Å². The molecule has 0 saturated carbocycles. The molecule has 3 saturated heterocycles. The molecule has 3 aliphatic rings. The minimum Gasteiger partial charge on any atom is -0.497 e. The topological polar surface area (TPSA) is 99.6 Å². The molecule has 5 rings (SSSR count). The SMILES string of the molecule is C=CCN(C(=O)C1N([C@@H](CO)[C@@H](C)CC)C(=O)[C@@H]2[C@H](C(=O)N(CC=C)c3ccccc3)[C@]3(CC)CCC12O3)c1ccc(OC)cc1. The lowest BCUT2D eigenvalue weighted by Gasteiger charge is -2.41. The van der Waals surface area contributed by atoms with Crippen LogP contribution in [0, 0.1) is 17.8 Å². The number of hydrogen-bond acceptors (Lipinski definition) is 6. The first kappa shape index (κ1) is 33.4. The molecule has 3 amide bonds. The lowest BCUT2D eigenvalue weighted by atomic mass is 9.64. The molecule has 0 radical (unpaired) electrons. The Hall–Kier alpha value is -3.95. The van der Waals surface area contributed by atoms with Crippen LogP contribution in [0.4, 0.5) is 11.4 Å². The zero-order valence-electron chi connectivity index (χ0n) is 27.4. The first-order valence-electron chi connectivity index (χ1n) is 16.3. The van der Waals surface area contributed by atoms with Gasteiger partial charge >= 0.3 is 0 Å². The maximum absolute atomic E-state index is 15.0. The van der Waals surface area contributed by atoms with Gasteiger partial charge in [-0.05, 0) is 61.6 Å². The normalized spacial score (nSPS) is 27.5. The summed E-state index contributed by atoms with van der Waals surface area (Å²) in [6, 6.07) is 14.8. The predicted molar refractivity (Wildman–Crippen MR) is 179 cm³/mol. The van der Waals surface area contributed by atoms with E-state index in [0.29, 0.717) is 42.8 Å². The van der Waals surface area contributed by atoms with Crippen molar-refractivity contribution in [2.24, 2.45) is 17.8 Å². The average molecular weight is 630 g/mol. The number of likely N-dealkylation sites (tertiary alicyclic amines) is 1. The number of rotatable bonds is 14. The molecule has 3 aliphatic heterocycles. The van der Waals surface area contributed by atoms with Crippen molar-refractivity contribution in [3.8, 4) is 5.75 Å². The van der Waals surface area contributed by atoms with Gasteiger partial charge in [0, 0.05) is 24.5 Å². The highest BCUT2D eigenvalue weighted by molar-refractivity contribution is 6.07. The number of methoxy groups -OCH3 is 1. The Morgan fingerprint density at radius 3 is 2.17 bits per heavy atom. The Balaban J connectivity index is 1.66. The van der Waals surface area contributed by atoms with Gasteiger partial charge in [-0.1, -0.05) is 57.5 Å². The second-order valence-electron chi connectivity index (χ2n) is 12.7. The van der Waals surface area contributed by atoms with E-state index in [2.05, 4.69) is 13.2 Å². The second kappa shape index (κ2) is 13.4. The number of carbonyl (C=O) groups excluding carboxylic acids is 3. The number of fused-ring (bicyclic) bond motifs is 1. The van der Waals surface area contributed by atoms with Crippen molar-refractivity contribution < 1.29 is 29.0 Å². The Morgan fingerprint density at radius 1 is 1.02 bits per heavy atom. The van der Waals surface area contributed by atoms with Crippen LogP contribution in [0.25, 0.3) is 0 Å². The van der Waals surface area contributed by atoms with Gasteiger partial charge in [-0.2, -0.15) is 0 Å². The van der Waals surface area contributed by atoms with Crippen LogP contribution in [-0.4, -0.2) is 77.8 Å². The van der Waals surface area contributed by atoms with Gasteiger partial charge in [-0.15, -0.1) is 13.2 Å². The molecular formula is C37H47N3O6. The van der Waals surface area contributed by atoms with Crippen molar-refractivity contribution in [2.45, 2.75) is 69.7 Å². The maximum atomic E-state index is 15.0. The first-order valence-corrected chi connectivity index (χ1v) is 16.3. The van der Waals surface area contributed by atoms with Crippen molar-refractivity contribution in [1.82, 2.24) is 4.90 Å². The molecule has 3 heterocycles. The summed E-state index contributed by atoms with van der Waals surface area (Å²) in [5, 5.41) is 10.8. The highest BCUT2D eigenvalue weighted by atomic mass is 16.5. The number of anilines is 2. The van der Waals surface area contributed by atoms with Crippen molar-refractivity contribution >= 4 is 29.1 Å². The molecule has 0 aliphatic carbocycles. The van der Waals surface area contributed by atoms with Gasteiger partial charge in [0.05, 0.1) is 37.2 Å². The monoisotopic (exact) mass is 629 g/mol. The van der Waals surface area contributed by atoms with Gasteiger partial charge in [0.25, 0.3) is 5.91 Å². The van der Waals surface area contributed by atoms with E-state index in [1.807, 2.05) is 51.1 Å². The number of nitrogens with zero attached hydrogens (tertiary/aromatic N) is 3. The summed E-state index contributed by atoms with van der Waals surface area (Å²) in [5.41, 5.74) is -0.832.